The molecule has 0 amide bonds. The molecule has 0 bridgehead atoms. The number of anilines is 1. The van der Waals surface area contributed by atoms with Crippen LogP contribution >= 0.6 is 23.2 Å². The highest BCUT2D eigenvalue weighted by molar-refractivity contribution is 6.33. The van der Waals surface area contributed by atoms with E-state index in [-0.39, 0.29) is 0 Å². The SMILES string of the molecule is ClCc1ccc(N2CCC(N3CCCC3)C2)c(Cl)c1. The minimum Gasteiger partial charge on any atom is -0.369 e. The first-order valence-electron chi connectivity index (χ1n) is 7.11. The van der Waals surface area contributed by atoms with Crippen molar-refractivity contribution < 1.29 is 0 Å². The van der Waals surface area contributed by atoms with E-state index in [1.165, 1.54) is 32.4 Å². The number of alkyl halides is 1. The van der Waals surface area contributed by atoms with Crippen molar-refractivity contribution in [1.29, 1.82) is 0 Å². The minimum atomic E-state index is 0.524. The Balaban J connectivity index is 1.70. The molecule has 0 saturated carbocycles. The van der Waals surface area contributed by atoms with Crippen LogP contribution in [0.1, 0.15) is 24.8 Å². The molecule has 104 valence electrons. The predicted molar refractivity (Wildman–Crippen MR) is 82.4 cm³/mol. The van der Waals surface area contributed by atoms with E-state index in [4.69, 9.17) is 23.2 Å². The van der Waals surface area contributed by atoms with Gasteiger partial charge in [0, 0.05) is 25.0 Å². The van der Waals surface area contributed by atoms with Gasteiger partial charge in [-0.2, -0.15) is 0 Å². The third-order valence-corrected chi connectivity index (χ3v) is 4.94. The second-order valence-corrected chi connectivity index (χ2v) is 6.23. The quantitative estimate of drug-likeness (QED) is 0.784. The monoisotopic (exact) mass is 298 g/mol. The maximum Gasteiger partial charge on any atom is 0.0642 e. The summed E-state index contributed by atoms with van der Waals surface area (Å²) in [5, 5.41) is 0.834. The highest BCUT2D eigenvalue weighted by Crippen LogP contribution is 2.31. The average Bonchev–Trinajstić information content (AvgIpc) is 3.09. The molecule has 2 saturated heterocycles. The number of halogens is 2. The van der Waals surface area contributed by atoms with Crippen molar-refractivity contribution in [2.24, 2.45) is 0 Å². The van der Waals surface area contributed by atoms with Crippen LogP contribution in [0, 0.1) is 0 Å². The second-order valence-electron chi connectivity index (χ2n) is 5.55. The van der Waals surface area contributed by atoms with Crippen LogP contribution in [-0.2, 0) is 5.88 Å². The second kappa shape index (κ2) is 5.90. The Morgan fingerprint density at radius 1 is 1.16 bits per heavy atom. The van der Waals surface area contributed by atoms with E-state index in [1.807, 2.05) is 6.07 Å². The Morgan fingerprint density at radius 2 is 1.95 bits per heavy atom. The molecule has 3 rings (SSSR count). The molecular weight excluding hydrogens is 279 g/mol. The molecule has 0 radical (unpaired) electrons. The van der Waals surface area contributed by atoms with Gasteiger partial charge in [-0.1, -0.05) is 17.7 Å². The number of hydrogen-bond acceptors (Lipinski definition) is 2. The first-order valence-corrected chi connectivity index (χ1v) is 8.02. The van der Waals surface area contributed by atoms with E-state index < -0.39 is 0 Å². The molecule has 2 heterocycles. The Hall–Kier alpha value is -0.440. The van der Waals surface area contributed by atoms with Crippen LogP contribution in [0.15, 0.2) is 18.2 Å². The molecule has 4 heteroatoms. The summed E-state index contributed by atoms with van der Waals surface area (Å²) >= 11 is 12.2. The summed E-state index contributed by atoms with van der Waals surface area (Å²) in [6.45, 7) is 4.77. The molecule has 0 aliphatic carbocycles. The molecule has 1 aromatic carbocycles. The molecule has 0 spiro atoms. The molecule has 2 aliphatic rings. The lowest BCUT2D eigenvalue weighted by atomic mass is 10.2. The number of hydrogen-bond donors (Lipinski definition) is 0. The van der Waals surface area contributed by atoms with Gasteiger partial charge in [0.25, 0.3) is 0 Å². The number of nitrogens with zero attached hydrogens (tertiary/aromatic N) is 2. The summed E-state index contributed by atoms with van der Waals surface area (Å²) in [6.07, 6.45) is 3.98. The normalized spacial score (nSPS) is 24.3. The van der Waals surface area contributed by atoms with E-state index in [0.717, 1.165) is 29.4 Å². The summed E-state index contributed by atoms with van der Waals surface area (Å²) in [4.78, 5) is 5.06. The Morgan fingerprint density at radius 3 is 2.63 bits per heavy atom. The van der Waals surface area contributed by atoms with Gasteiger partial charge >= 0.3 is 0 Å². The fraction of sp³-hybridized carbons (Fsp3) is 0.600. The van der Waals surface area contributed by atoms with Crippen LogP contribution < -0.4 is 4.90 Å². The number of benzene rings is 1. The molecule has 1 aromatic rings. The summed E-state index contributed by atoms with van der Waals surface area (Å²) in [6, 6.07) is 6.91. The first-order chi connectivity index (χ1) is 9.28. The van der Waals surface area contributed by atoms with Crippen LogP contribution in [-0.4, -0.2) is 37.1 Å². The van der Waals surface area contributed by atoms with Crippen molar-refractivity contribution in [2.75, 3.05) is 31.1 Å². The fourth-order valence-electron chi connectivity index (χ4n) is 3.26. The maximum atomic E-state index is 6.38. The van der Waals surface area contributed by atoms with E-state index in [2.05, 4.69) is 21.9 Å². The van der Waals surface area contributed by atoms with Crippen molar-refractivity contribution in [3.05, 3.63) is 28.8 Å². The van der Waals surface area contributed by atoms with Crippen molar-refractivity contribution in [3.8, 4) is 0 Å². The van der Waals surface area contributed by atoms with Gasteiger partial charge in [0.15, 0.2) is 0 Å². The van der Waals surface area contributed by atoms with Gasteiger partial charge in [-0.15, -0.1) is 11.6 Å². The predicted octanol–water partition coefficient (Wildman–Crippen LogP) is 3.75. The zero-order valence-corrected chi connectivity index (χ0v) is 12.6. The molecule has 0 aromatic heterocycles. The van der Waals surface area contributed by atoms with Gasteiger partial charge < -0.3 is 4.90 Å². The van der Waals surface area contributed by atoms with Crippen LogP contribution in [0.5, 0.6) is 0 Å². The molecular formula is C15H20Cl2N2. The van der Waals surface area contributed by atoms with E-state index in [0.29, 0.717) is 11.9 Å². The third-order valence-electron chi connectivity index (χ3n) is 4.33. The molecule has 0 N–H and O–H groups in total. The van der Waals surface area contributed by atoms with Crippen LogP contribution in [0.25, 0.3) is 0 Å². The van der Waals surface area contributed by atoms with Crippen molar-refractivity contribution in [1.82, 2.24) is 4.90 Å². The minimum absolute atomic E-state index is 0.524. The van der Waals surface area contributed by atoms with E-state index in [1.54, 1.807) is 0 Å². The van der Waals surface area contributed by atoms with Crippen LogP contribution in [0.3, 0.4) is 0 Å². The van der Waals surface area contributed by atoms with E-state index >= 15 is 0 Å². The zero-order valence-electron chi connectivity index (χ0n) is 11.1. The lowest BCUT2D eigenvalue weighted by Crippen LogP contribution is -2.35. The number of rotatable bonds is 3. The van der Waals surface area contributed by atoms with Crippen molar-refractivity contribution in [2.45, 2.75) is 31.2 Å². The molecule has 1 atom stereocenters. The van der Waals surface area contributed by atoms with Crippen molar-refractivity contribution >= 4 is 28.9 Å². The molecule has 2 fully saturated rings. The summed E-state index contributed by atoms with van der Waals surface area (Å²) in [7, 11) is 0. The maximum absolute atomic E-state index is 6.38. The Kier molecular flexibility index (Phi) is 4.21. The van der Waals surface area contributed by atoms with Crippen molar-refractivity contribution in [3.63, 3.8) is 0 Å². The lowest BCUT2D eigenvalue weighted by Gasteiger charge is -2.25. The number of likely N-dealkylation sites (tertiary alicyclic amines) is 1. The lowest BCUT2D eigenvalue weighted by molar-refractivity contribution is 0.260. The average molecular weight is 299 g/mol. The van der Waals surface area contributed by atoms with Gasteiger partial charge in [0.05, 0.1) is 10.7 Å². The standard InChI is InChI=1S/C15H20Cl2N2/c16-10-12-3-4-15(14(17)9-12)19-8-5-13(11-19)18-6-1-2-7-18/h3-4,9,13H,1-2,5-8,10-11H2. The van der Waals surface area contributed by atoms with Gasteiger partial charge in [-0.05, 0) is 50.0 Å². The highest BCUT2D eigenvalue weighted by atomic mass is 35.5. The highest BCUT2D eigenvalue weighted by Gasteiger charge is 2.29. The van der Waals surface area contributed by atoms with Crippen LogP contribution in [0.2, 0.25) is 5.02 Å². The van der Waals surface area contributed by atoms with Gasteiger partial charge in [-0.25, -0.2) is 0 Å². The molecule has 2 aliphatic heterocycles. The summed E-state index contributed by atoms with van der Waals surface area (Å²) in [5.74, 6) is 0.524. The molecule has 19 heavy (non-hydrogen) atoms. The van der Waals surface area contributed by atoms with Gasteiger partial charge in [0.1, 0.15) is 0 Å². The van der Waals surface area contributed by atoms with Crippen LogP contribution in [0.4, 0.5) is 5.69 Å². The van der Waals surface area contributed by atoms with Gasteiger partial charge in [0.2, 0.25) is 0 Å². The Labute approximate surface area is 125 Å². The topological polar surface area (TPSA) is 6.48 Å². The smallest absolute Gasteiger partial charge is 0.0642 e. The third kappa shape index (κ3) is 2.86. The first kappa shape index (κ1) is 13.5. The fourth-order valence-corrected chi connectivity index (χ4v) is 3.74. The Bertz CT molecular complexity index is 444. The van der Waals surface area contributed by atoms with Gasteiger partial charge in [-0.3, -0.25) is 4.90 Å². The summed E-state index contributed by atoms with van der Waals surface area (Å²) < 4.78 is 0. The largest absolute Gasteiger partial charge is 0.369 e. The zero-order chi connectivity index (χ0) is 13.2. The molecule has 2 nitrogen and oxygen atoms in total. The summed E-state index contributed by atoms with van der Waals surface area (Å²) in [5.41, 5.74) is 2.25. The van der Waals surface area contributed by atoms with E-state index in [9.17, 15) is 0 Å². The molecule has 1 unspecified atom stereocenters.